The van der Waals surface area contributed by atoms with Crippen LogP contribution in [0.15, 0.2) is 42.7 Å². The second-order valence-electron chi connectivity index (χ2n) is 4.05. The summed E-state index contributed by atoms with van der Waals surface area (Å²) in [6.07, 6.45) is 3.15. The van der Waals surface area contributed by atoms with Crippen molar-refractivity contribution in [2.45, 2.75) is 0 Å². The molecule has 0 aliphatic carbocycles. The molecule has 3 rings (SSSR count). The van der Waals surface area contributed by atoms with Crippen LogP contribution in [0.3, 0.4) is 0 Å². The van der Waals surface area contributed by atoms with Crippen LogP contribution in [0, 0.1) is 0 Å². The summed E-state index contributed by atoms with van der Waals surface area (Å²) in [5, 5.41) is 2.79. The van der Waals surface area contributed by atoms with E-state index in [1.54, 1.807) is 36.5 Å². The molecule has 2 heterocycles. The van der Waals surface area contributed by atoms with Crippen LogP contribution in [-0.4, -0.2) is 24.1 Å². The number of nitrogens with zero attached hydrogens (tertiary/aromatic N) is 1. The zero-order valence-electron chi connectivity index (χ0n) is 10.5. The third kappa shape index (κ3) is 3.00. The molecule has 6 heteroatoms. The van der Waals surface area contributed by atoms with Crippen LogP contribution in [0.25, 0.3) is 0 Å². The molecule has 2 aromatic rings. The summed E-state index contributed by atoms with van der Waals surface area (Å²) in [5.41, 5.74) is 1.18. The van der Waals surface area contributed by atoms with Gasteiger partial charge in [-0.05, 0) is 24.3 Å². The number of anilines is 1. The Hall–Kier alpha value is -2.27. The average molecular weight is 293 g/mol. The zero-order valence-corrected chi connectivity index (χ0v) is 11.4. The predicted molar refractivity (Wildman–Crippen MR) is 76.9 cm³/mol. The number of hydrogen-bond acceptors (Lipinski definition) is 4. The number of halogens is 1. The lowest BCUT2D eigenvalue weighted by Crippen LogP contribution is -2.16. The van der Waals surface area contributed by atoms with Gasteiger partial charge in [-0.3, -0.25) is 9.78 Å². The molecule has 1 aromatic heterocycles. The Morgan fingerprint density at radius 2 is 1.95 bits per heavy atom. The van der Waals surface area contributed by atoms with E-state index in [2.05, 4.69) is 10.3 Å². The molecular formula is C14H13ClN2O3. The highest BCUT2D eigenvalue weighted by Crippen LogP contribution is 2.32. The Bertz CT molecular complexity index is 605. The number of benzene rings is 1. The maximum atomic E-state index is 12.0. The van der Waals surface area contributed by atoms with Crippen LogP contribution in [0.4, 0.5) is 5.69 Å². The van der Waals surface area contributed by atoms with Crippen LogP contribution in [0.5, 0.6) is 11.5 Å². The molecular weight excluding hydrogens is 280 g/mol. The molecule has 1 amide bonds. The molecule has 1 aromatic carbocycles. The highest BCUT2D eigenvalue weighted by molar-refractivity contribution is 6.04. The molecule has 5 nitrogen and oxygen atoms in total. The van der Waals surface area contributed by atoms with Crippen molar-refractivity contribution in [3.63, 3.8) is 0 Å². The molecule has 1 aliphatic heterocycles. The Labute approximate surface area is 122 Å². The first kappa shape index (κ1) is 14.1. The highest BCUT2D eigenvalue weighted by Gasteiger charge is 2.13. The molecule has 0 saturated carbocycles. The molecule has 0 saturated heterocycles. The minimum absolute atomic E-state index is 0. The predicted octanol–water partition coefficient (Wildman–Crippen LogP) is 2.53. The largest absolute Gasteiger partial charge is 0.486 e. The summed E-state index contributed by atoms with van der Waals surface area (Å²) < 4.78 is 10.9. The molecule has 0 spiro atoms. The Morgan fingerprint density at radius 1 is 1.15 bits per heavy atom. The Balaban J connectivity index is 0.00000147. The minimum atomic E-state index is -0.204. The van der Waals surface area contributed by atoms with Crippen molar-refractivity contribution in [1.29, 1.82) is 0 Å². The number of carbonyl (C=O) groups excluding carboxylic acids is 1. The third-order valence-electron chi connectivity index (χ3n) is 2.72. The number of rotatable bonds is 2. The second-order valence-corrected chi connectivity index (χ2v) is 4.05. The van der Waals surface area contributed by atoms with E-state index in [1.807, 2.05) is 0 Å². The van der Waals surface area contributed by atoms with Gasteiger partial charge in [-0.25, -0.2) is 0 Å². The van der Waals surface area contributed by atoms with Gasteiger partial charge in [-0.2, -0.15) is 0 Å². The van der Waals surface area contributed by atoms with Gasteiger partial charge in [0.15, 0.2) is 11.5 Å². The van der Waals surface area contributed by atoms with Crippen molar-refractivity contribution in [1.82, 2.24) is 4.98 Å². The van der Waals surface area contributed by atoms with E-state index in [4.69, 9.17) is 9.47 Å². The first-order chi connectivity index (χ1) is 9.33. The Morgan fingerprint density at radius 3 is 2.70 bits per heavy atom. The number of nitrogens with one attached hydrogen (secondary N) is 1. The molecule has 0 radical (unpaired) electrons. The average Bonchev–Trinajstić information content (AvgIpc) is 2.48. The molecule has 20 heavy (non-hydrogen) atoms. The van der Waals surface area contributed by atoms with Gasteiger partial charge in [0.1, 0.15) is 13.2 Å². The number of ether oxygens (including phenoxy) is 2. The number of fused-ring (bicyclic) bond motifs is 1. The maximum absolute atomic E-state index is 12.0. The van der Waals surface area contributed by atoms with Crippen LogP contribution in [0.2, 0.25) is 0 Å². The van der Waals surface area contributed by atoms with Crippen molar-refractivity contribution in [2.75, 3.05) is 18.5 Å². The molecule has 0 bridgehead atoms. The number of amides is 1. The highest BCUT2D eigenvalue weighted by atomic mass is 35.5. The van der Waals surface area contributed by atoms with Crippen molar-refractivity contribution in [2.24, 2.45) is 0 Å². The summed E-state index contributed by atoms with van der Waals surface area (Å²) in [7, 11) is 0. The monoisotopic (exact) mass is 292 g/mol. The van der Waals surface area contributed by atoms with Gasteiger partial charge < -0.3 is 14.8 Å². The van der Waals surface area contributed by atoms with Crippen LogP contribution >= 0.6 is 12.4 Å². The minimum Gasteiger partial charge on any atom is -0.486 e. The fraction of sp³-hybridized carbons (Fsp3) is 0.143. The van der Waals surface area contributed by atoms with Crippen molar-refractivity contribution in [3.8, 4) is 11.5 Å². The van der Waals surface area contributed by atoms with Crippen LogP contribution in [0.1, 0.15) is 10.4 Å². The van der Waals surface area contributed by atoms with Crippen LogP contribution < -0.4 is 14.8 Å². The Kier molecular flexibility index (Phi) is 4.42. The summed E-state index contributed by atoms with van der Waals surface area (Å²) in [5.74, 6) is 1.14. The fourth-order valence-corrected chi connectivity index (χ4v) is 1.82. The zero-order chi connectivity index (χ0) is 13.1. The van der Waals surface area contributed by atoms with Gasteiger partial charge in [-0.15, -0.1) is 12.4 Å². The van der Waals surface area contributed by atoms with E-state index >= 15 is 0 Å². The first-order valence-electron chi connectivity index (χ1n) is 5.94. The normalized spacial score (nSPS) is 12.2. The van der Waals surface area contributed by atoms with E-state index in [0.29, 0.717) is 36.0 Å². The number of carbonyl (C=O) groups is 1. The molecule has 1 aliphatic rings. The fourth-order valence-electron chi connectivity index (χ4n) is 1.82. The van der Waals surface area contributed by atoms with Gasteiger partial charge in [0.25, 0.3) is 5.91 Å². The van der Waals surface area contributed by atoms with E-state index in [0.717, 1.165) is 0 Å². The third-order valence-corrected chi connectivity index (χ3v) is 2.72. The van der Waals surface area contributed by atoms with E-state index in [9.17, 15) is 4.79 Å². The lowest BCUT2D eigenvalue weighted by atomic mass is 10.2. The molecule has 104 valence electrons. The quantitative estimate of drug-likeness (QED) is 0.924. The first-order valence-corrected chi connectivity index (χ1v) is 5.94. The number of aromatic nitrogens is 1. The van der Waals surface area contributed by atoms with E-state index in [-0.39, 0.29) is 18.3 Å². The second kappa shape index (κ2) is 6.25. The molecule has 0 fully saturated rings. The van der Waals surface area contributed by atoms with E-state index < -0.39 is 0 Å². The topological polar surface area (TPSA) is 60.5 Å². The van der Waals surface area contributed by atoms with Crippen molar-refractivity contribution < 1.29 is 14.3 Å². The summed E-state index contributed by atoms with van der Waals surface area (Å²) >= 11 is 0. The standard InChI is InChI=1S/C14H12N2O3.ClH/c17-14(10-2-1-5-15-9-10)16-11-3-4-12-13(8-11)19-7-6-18-12;/h1-5,8-9H,6-7H2,(H,16,17);1H. The van der Waals surface area contributed by atoms with Crippen LogP contribution in [-0.2, 0) is 0 Å². The van der Waals surface area contributed by atoms with Gasteiger partial charge in [0, 0.05) is 24.1 Å². The molecule has 0 unspecified atom stereocenters. The molecule has 0 atom stereocenters. The van der Waals surface area contributed by atoms with Gasteiger partial charge in [0.2, 0.25) is 0 Å². The van der Waals surface area contributed by atoms with Gasteiger partial charge >= 0.3 is 0 Å². The van der Waals surface area contributed by atoms with Crippen molar-refractivity contribution in [3.05, 3.63) is 48.3 Å². The lowest BCUT2D eigenvalue weighted by molar-refractivity contribution is 0.102. The van der Waals surface area contributed by atoms with Gasteiger partial charge in [0.05, 0.1) is 5.56 Å². The summed E-state index contributed by atoms with van der Waals surface area (Å²) in [6, 6.07) is 8.75. The molecule has 1 N–H and O–H groups in total. The van der Waals surface area contributed by atoms with Gasteiger partial charge in [-0.1, -0.05) is 0 Å². The summed E-state index contributed by atoms with van der Waals surface area (Å²) in [4.78, 5) is 15.9. The van der Waals surface area contributed by atoms with E-state index in [1.165, 1.54) is 6.20 Å². The van der Waals surface area contributed by atoms with Crippen molar-refractivity contribution >= 4 is 24.0 Å². The SMILES string of the molecule is Cl.O=C(Nc1ccc2c(c1)OCCO2)c1cccnc1. The smallest absolute Gasteiger partial charge is 0.257 e. The maximum Gasteiger partial charge on any atom is 0.257 e. The summed E-state index contributed by atoms with van der Waals surface area (Å²) in [6.45, 7) is 1.07. The number of hydrogen-bond donors (Lipinski definition) is 1. The lowest BCUT2D eigenvalue weighted by Gasteiger charge is -2.18. The number of pyridine rings is 1.